The van der Waals surface area contributed by atoms with Crippen LogP contribution < -0.4 is 5.73 Å². The van der Waals surface area contributed by atoms with Crippen LogP contribution >= 0.6 is 0 Å². The maximum atomic E-state index is 5.90. The molecule has 0 aliphatic rings. The molecule has 0 unspecified atom stereocenters. The van der Waals surface area contributed by atoms with E-state index in [0.29, 0.717) is 17.3 Å². The molecule has 4 heteroatoms. The summed E-state index contributed by atoms with van der Waals surface area (Å²) in [6, 6.07) is 1.84. The van der Waals surface area contributed by atoms with E-state index in [1.165, 1.54) is 0 Å². The molecule has 2 N–H and O–H groups in total. The third-order valence-corrected chi connectivity index (χ3v) is 2.18. The molecule has 0 fully saturated rings. The van der Waals surface area contributed by atoms with E-state index in [2.05, 4.69) is 24.0 Å². The van der Waals surface area contributed by atoms with E-state index in [9.17, 15) is 0 Å². The normalized spacial score (nSPS) is 11.4. The Hall–Kier alpha value is -1.58. The van der Waals surface area contributed by atoms with Crippen LogP contribution in [0, 0.1) is 6.92 Å². The lowest BCUT2D eigenvalue weighted by Gasteiger charge is -2.01. The average molecular weight is 191 g/mol. The number of nitrogen functional groups attached to an aromatic ring is 1. The Morgan fingerprint density at radius 3 is 2.79 bits per heavy atom. The van der Waals surface area contributed by atoms with E-state index in [1.54, 1.807) is 0 Å². The number of nitrogens with zero attached hydrogens (tertiary/aromatic N) is 2. The van der Waals surface area contributed by atoms with Crippen molar-refractivity contribution in [1.82, 2.24) is 10.1 Å². The fourth-order valence-corrected chi connectivity index (χ4v) is 1.52. The summed E-state index contributed by atoms with van der Waals surface area (Å²) < 4.78 is 5.13. The van der Waals surface area contributed by atoms with Crippen molar-refractivity contribution in [2.45, 2.75) is 26.7 Å². The Morgan fingerprint density at radius 2 is 2.14 bits per heavy atom. The average Bonchev–Trinajstić information content (AvgIpc) is 2.47. The summed E-state index contributed by atoms with van der Waals surface area (Å²) in [7, 11) is 0. The predicted molar refractivity (Wildman–Crippen MR) is 55.0 cm³/mol. The Kier molecular flexibility index (Phi) is 1.91. The molecule has 74 valence electrons. The summed E-state index contributed by atoms with van der Waals surface area (Å²) in [5, 5.41) is 4.83. The molecule has 0 aliphatic heterocycles. The number of anilines is 1. The Morgan fingerprint density at radius 1 is 1.43 bits per heavy atom. The first-order valence-electron chi connectivity index (χ1n) is 4.62. The summed E-state index contributed by atoms with van der Waals surface area (Å²) in [4.78, 5) is 4.23. The van der Waals surface area contributed by atoms with E-state index in [1.807, 2.05) is 13.0 Å². The second-order valence-corrected chi connectivity index (χ2v) is 3.76. The summed E-state index contributed by atoms with van der Waals surface area (Å²) >= 11 is 0. The topological polar surface area (TPSA) is 64.9 Å². The number of fused-ring (bicyclic) bond motifs is 1. The van der Waals surface area contributed by atoms with Crippen molar-refractivity contribution in [3.8, 4) is 0 Å². The van der Waals surface area contributed by atoms with Gasteiger partial charge in [0.2, 0.25) is 0 Å². The van der Waals surface area contributed by atoms with Gasteiger partial charge >= 0.3 is 0 Å². The van der Waals surface area contributed by atoms with Gasteiger partial charge in [-0.25, -0.2) is 4.98 Å². The zero-order valence-electron chi connectivity index (χ0n) is 8.53. The lowest BCUT2D eigenvalue weighted by molar-refractivity contribution is 0.434. The standard InChI is InChI=1S/C10H13N3O/c1-5(2)9-8-7(11)4-6(3)12-10(8)14-13-9/h4-5H,1-3H3,(H2,11,12). The first-order chi connectivity index (χ1) is 6.59. The molecule has 2 heterocycles. The number of hydrogen-bond acceptors (Lipinski definition) is 4. The summed E-state index contributed by atoms with van der Waals surface area (Å²) in [5.74, 6) is 0.294. The Balaban J connectivity index is 2.79. The predicted octanol–water partition coefficient (Wildman–Crippen LogP) is 2.24. The van der Waals surface area contributed by atoms with Crippen LogP contribution in [0.2, 0.25) is 0 Å². The van der Waals surface area contributed by atoms with Gasteiger partial charge in [-0.05, 0) is 18.9 Å². The minimum Gasteiger partial charge on any atom is -0.398 e. The lowest BCUT2D eigenvalue weighted by Crippen LogP contribution is -1.94. The van der Waals surface area contributed by atoms with Gasteiger partial charge in [0.05, 0.1) is 11.1 Å². The first kappa shape index (κ1) is 8.99. The van der Waals surface area contributed by atoms with Gasteiger partial charge in [-0.2, -0.15) is 0 Å². The van der Waals surface area contributed by atoms with Gasteiger partial charge in [-0.1, -0.05) is 19.0 Å². The largest absolute Gasteiger partial charge is 0.398 e. The van der Waals surface area contributed by atoms with Crippen LogP contribution in [-0.2, 0) is 0 Å². The van der Waals surface area contributed by atoms with Gasteiger partial charge in [-0.15, -0.1) is 0 Å². The zero-order valence-corrected chi connectivity index (χ0v) is 8.53. The molecule has 0 aliphatic carbocycles. The highest BCUT2D eigenvalue weighted by molar-refractivity contribution is 5.89. The zero-order chi connectivity index (χ0) is 10.3. The van der Waals surface area contributed by atoms with Crippen molar-refractivity contribution >= 4 is 16.8 Å². The molecule has 0 amide bonds. The van der Waals surface area contributed by atoms with E-state index in [0.717, 1.165) is 16.8 Å². The highest BCUT2D eigenvalue weighted by Crippen LogP contribution is 2.28. The molecule has 0 aromatic carbocycles. The van der Waals surface area contributed by atoms with E-state index < -0.39 is 0 Å². The molecule has 4 nitrogen and oxygen atoms in total. The molecule has 0 radical (unpaired) electrons. The van der Waals surface area contributed by atoms with Crippen molar-refractivity contribution in [1.29, 1.82) is 0 Å². The highest BCUT2D eigenvalue weighted by Gasteiger charge is 2.15. The van der Waals surface area contributed by atoms with Crippen LogP contribution in [0.3, 0.4) is 0 Å². The molecule has 2 aromatic heterocycles. The molecular formula is C10H13N3O. The van der Waals surface area contributed by atoms with Crippen molar-refractivity contribution in [2.75, 3.05) is 5.73 Å². The van der Waals surface area contributed by atoms with E-state index >= 15 is 0 Å². The molecule has 2 aromatic rings. The fraction of sp³-hybridized carbons (Fsp3) is 0.400. The van der Waals surface area contributed by atoms with Gasteiger partial charge in [0.25, 0.3) is 5.71 Å². The molecule has 14 heavy (non-hydrogen) atoms. The second kappa shape index (κ2) is 2.97. The van der Waals surface area contributed by atoms with Gasteiger partial charge in [-0.3, -0.25) is 0 Å². The van der Waals surface area contributed by atoms with Crippen molar-refractivity contribution in [3.63, 3.8) is 0 Å². The van der Waals surface area contributed by atoms with Crippen LogP contribution in [0.5, 0.6) is 0 Å². The van der Waals surface area contributed by atoms with Gasteiger partial charge in [0.15, 0.2) is 0 Å². The number of aryl methyl sites for hydroxylation is 1. The maximum absolute atomic E-state index is 5.90. The minimum atomic E-state index is 0.294. The Labute approximate surface area is 82.1 Å². The fourth-order valence-electron chi connectivity index (χ4n) is 1.52. The van der Waals surface area contributed by atoms with Crippen molar-refractivity contribution in [3.05, 3.63) is 17.5 Å². The van der Waals surface area contributed by atoms with Crippen LogP contribution in [0.25, 0.3) is 11.1 Å². The second-order valence-electron chi connectivity index (χ2n) is 3.76. The van der Waals surface area contributed by atoms with E-state index in [-0.39, 0.29) is 0 Å². The maximum Gasteiger partial charge on any atom is 0.260 e. The SMILES string of the molecule is Cc1cc(N)c2c(C(C)C)noc2n1. The molecule has 0 saturated carbocycles. The number of hydrogen-bond donors (Lipinski definition) is 1. The van der Waals surface area contributed by atoms with Crippen LogP contribution in [0.15, 0.2) is 10.6 Å². The molecule has 0 bridgehead atoms. The molecule has 0 saturated heterocycles. The summed E-state index contributed by atoms with van der Waals surface area (Å²) in [5.41, 5.74) is 8.85. The Bertz CT molecular complexity index is 473. The first-order valence-corrected chi connectivity index (χ1v) is 4.62. The summed E-state index contributed by atoms with van der Waals surface area (Å²) in [6.45, 7) is 5.99. The molecular weight excluding hydrogens is 178 g/mol. The quantitative estimate of drug-likeness (QED) is 0.750. The number of nitrogens with two attached hydrogens (primary N) is 1. The van der Waals surface area contributed by atoms with Gasteiger partial charge < -0.3 is 10.3 Å². The molecule has 0 atom stereocenters. The highest BCUT2D eigenvalue weighted by atomic mass is 16.5. The number of aromatic nitrogens is 2. The third kappa shape index (κ3) is 1.23. The number of pyridine rings is 1. The smallest absolute Gasteiger partial charge is 0.260 e. The molecule has 2 rings (SSSR count). The van der Waals surface area contributed by atoms with Crippen LogP contribution in [-0.4, -0.2) is 10.1 Å². The minimum absolute atomic E-state index is 0.294. The molecule has 0 spiro atoms. The van der Waals surface area contributed by atoms with Crippen LogP contribution in [0.4, 0.5) is 5.69 Å². The van der Waals surface area contributed by atoms with Crippen LogP contribution in [0.1, 0.15) is 31.2 Å². The lowest BCUT2D eigenvalue weighted by atomic mass is 10.1. The van der Waals surface area contributed by atoms with E-state index in [4.69, 9.17) is 10.3 Å². The van der Waals surface area contributed by atoms with Crippen molar-refractivity contribution < 1.29 is 4.52 Å². The monoisotopic (exact) mass is 191 g/mol. The number of rotatable bonds is 1. The summed E-state index contributed by atoms with van der Waals surface area (Å²) in [6.07, 6.45) is 0. The van der Waals surface area contributed by atoms with Gasteiger partial charge in [0, 0.05) is 11.4 Å². The van der Waals surface area contributed by atoms with Crippen molar-refractivity contribution in [2.24, 2.45) is 0 Å². The van der Waals surface area contributed by atoms with Gasteiger partial charge in [0.1, 0.15) is 0 Å². The third-order valence-electron chi connectivity index (χ3n) is 2.18.